The van der Waals surface area contributed by atoms with Gasteiger partial charge in [0.05, 0.1) is 4.90 Å². The molecule has 2 aromatic heterocycles. The van der Waals surface area contributed by atoms with Crippen molar-refractivity contribution in [3.63, 3.8) is 0 Å². The molecule has 2 N–H and O–H groups in total. The zero-order chi connectivity index (χ0) is 14.6. The van der Waals surface area contributed by atoms with E-state index in [4.69, 9.17) is 0 Å². The molecule has 0 aliphatic heterocycles. The zero-order valence-electron chi connectivity index (χ0n) is 11.5. The lowest BCUT2D eigenvalue weighted by atomic mass is 10.4. The first-order chi connectivity index (χ1) is 9.53. The number of nitrogens with one attached hydrogen (secondary N) is 2. The molecule has 0 saturated heterocycles. The van der Waals surface area contributed by atoms with E-state index in [0.717, 1.165) is 21.9 Å². The Kier molecular flexibility index (Phi) is 5.34. The Morgan fingerprint density at radius 1 is 1.30 bits per heavy atom. The second-order valence-electron chi connectivity index (χ2n) is 4.37. The van der Waals surface area contributed by atoms with Crippen molar-refractivity contribution < 1.29 is 8.42 Å². The number of hydrogen-bond donors (Lipinski definition) is 2. The normalized spacial score (nSPS) is 11.9. The maximum Gasteiger partial charge on any atom is 0.241 e. The summed E-state index contributed by atoms with van der Waals surface area (Å²) in [6, 6.07) is 3.68. The molecule has 7 heteroatoms. The minimum Gasteiger partial charge on any atom is -0.312 e. The summed E-state index contributed by atoms with van der Waals surface area (Å²) in [7, 11) is -3.43. The molecule has 0 amide bonds. The first-order valence-electron chi connectivity index (χ1n) is 6.33. The third-order valence-corrected chi connectivity index (χ3v) is 6.25. The van der Waals surface area contributed by atoms with Crippen LogP contribution in [0.3, 0.4) is 0 Å². The molecule has 110 valence electrons. The van der Waals surface area contributed by atoms with E-state index < -0.39 is 10.0 Å². The summed E-state index contributed by atoms with van der Waals surface area (Å²) in [6.45, 7) is 5.79. The molecule has 20 heavy (non-hydrogen) atoms. The molecule has 0 aliphatic carbocycles. The highest BCUT2D eigenvalue weighted by Gasteiger charge is 2.19. The van der Waals surface area contributed by atoms with Gasteiger partial charge < -0.3 is 5.32 Å². The summed E-state index contributed by atoms with van der Waals surface area (Å²) in [5, 5.41) is 7.09. The summed E-state index contributed by atoms with van der Waals surface area (Å²) in [4.78, 5) is 2.27. The Hall–Kier alpha value is -0.730. The van der Waals surface area contributed by atoms with Gasteiger partial charge in [0.1, 0.15) is 0 Å². The molecular weight excluding hydrogens is 312 g/mol. The highest BCUT2D eigenvalue weighted by molar-refractivity contribution is 7.89. The average molecular weight is 331 g/mol. The third-order valence-electron chi connectivity index (χ3n) is 2.81. The van der Waals surface area contributed by atoms with Gasteiger partial charge in [-0.3, -0.25) is 0 Å². The standard InChI is InChI=1S/C13H18N2O2S3/c1-3-14-8-12-6-13(10(2)19-12)20(16,17)15-7-11-4-5-18-9-11/h4-6,9,14-15H,3,7-8H2,1-2H3. The van der Waals surface area contributed by atoms with E-state index >= 15 is 0 Å². The maximum absolute atomic E-state index is 12.3. The van der Waals surface area contributed by atoms with Gasteiger partial charge in [-0.1, -0.05) is 6.92 Å². The number of hydrogen-bond acceptors (Lipinski definition) is 5. The van der Waals surface area contributed by atoms with Gasteiger partial charge in [-0.2, -0.15) is 11.3 Å². The largest absolute Gasteiger partial charge is 0.312 e. The molecule has 2 aromatic rings. The molecular formula is C13H18N2O2S3. The first kappa shape index (κ1) is 15.7. The highest BCUT2D eigenvalue weighted by atomic mass is 32.2. The molecule has 0 fully saturated rings. The molecule has 2 rings (SSSR count). The fraction of sp³-hybridized carbons (Fsp3) is 0.385. The van der Waals surface area contributed by atoms with Crippen LogP contribution in [0.5, 0.6) is 0 Å². The quantitative estimate of drug-likeness (QED) is 0.821. The average Bonchev–Trinajstić information content (AvgIpc) is 3.03. The lowest BCUT2D eigenvalue weighted by Crippen LogP contribution is -2.23. The Morgan fingerprint density at radius 3 is 2.75 bits per heavy atom. The molecule has 0 atom stereocenters. The summed E-state index contributed by atoms with van der Waals surface area (Å²) >= 11 is 3.09. The molecule has 2 heterocycles. The van der Waals surface area contributed by atoms with Crippen molar-refractivity contribution in [1.82, 2.24) is 10.0 Å². The molecule has 0 aromatic carbocycles. The van der Waals surface area contributed by atoms with Crippen molar-refractivity contribution in [2.75, 3.05) is 6.54 Å². The molecule has 0 bridgehead atoms. The monoisotopic (exact) mass is 330 g/mol. The summed E-state index contributed by atoms with van der Waals surface area (Å²) in [6.07, 6.45) is 0. The van der Waals surface area contributed by atoms with Gasteiger partial charge in [0.2, 0.25) is 10.0 Å². The van der Waals surface area contributed by atoms with E-state index in [9.17, 15) is 8.42 Å². The van der Waals surface area contributed by atoms with Crippen molar-refractivity contribution in [2.45, 2.75) is 31.8 Å². The second-order valence-corrected chi connectivity index (χ2v) is 8.23. The first-order valence-corrected chi connectivity index (χ1v) is 9.58. The molecule has 0 unspecified atom stereocenters. The smallest absolute Gasteiger partial charge is 0.241 e. The molecule has 4 nitrogen and oxygen atoms in total. The summed E-state index contributed by atoms with van der Waals surface area (Å²) in [5.74, 6) is 0. The number of thiophene rings is 2. The summed E-state index contributed by atoms with van der Waals surface area (Å²) < 4.78 is 27.3. The van der Waals surface area contributed by atoms with Crippen LogP contribution in [0.15, 0.2) is 27.8 Å². The van der Waals surface area contributed by atoms with Gasteiger partial charge in [0.15, 0.2) is 0 Å². The van der Waals surface area contributed by atoms with Crippen molar-refractivity contribution >= 4 is 32.7 Å². The van der Waals surface area contributed by atoms with Crippen LogP contribution in [0.1, 0.15) is 22.2 Å². The molecule has 0 radical (unpaired) electrons. The van der Waals surface area contributed by atoms with Gasteiger partial charge in [0, 0.05) is 22.8 Å². The van der Waals surface area contributed by atoms with Gasteiger partial charge >= 0.3 is 0 Å². The maximum atomic E-state index is 12.3. The molecule has 0 saturated carbocycles. The molecule has 0 spiro atoms. The van der Waals surface area contributed by atoms with E-state index in [1.165, 1.54) is 11.3 Å². The van der Waals surface area contributed by atoms with Crippen molar-refractivity contribution in [2.24, 2.45) is 0 Å². The fourth-order valence-corrected chi connectivity index (χ4v) is 5.06. The van der Waals surface area contributed by atoms with E-state index in [2.05, 4.69) is 10.0 Å². The predicted octanol–water partition coefficient (Wildman–Crippen LogP) is 2.71. The van der Waals surface area contributed by atoms with Gasteiger partial charge in [-0.15, -0.1) is 11.3 Å². The second kappa shape index (κ2) is 6.82. The lowest BCUT2D eigenvalue weighted by Gasteiger charge is -2.04. The Labute approximate surface area is 127 Å². The predicted molar refractivity (Wildman–Crippen MR) is 84.8 cm³/mol. The van der Waals surface area contributed by atoms with E-state index in [1.807, 2.05) is 30.7 Å². The van der Waals surface area contributed by atoms with Crippen LogP contribution in [-0.4, -0.2) is 15.0 Å². The fourth-order valence-electron chi connectivity index (χ4n) is 1.78. The minimum absolute atomic E-state index is 0.337. The van der Waals surface area contributed by atoms with Crippen molar-refractivity contribution in [1.29, 1.82) is 0 Å². The van der Waals surface area contributed by atoms with Crippen LogP contribution in [0.2, 0.25) is 0 Å². The van der Waals surface area contributed by atoms with Crippen LogP contribution >= 0.6 is 22.7 Å². The Morgan fingerprint density at radius 2 is 2.10 bits per heavy atom. The van der Waals surface area contributed by atoms with Crippen molar-refractivity contribution in [3.05, 3.63) is 38.2 Å². The van der Waals surface area contributed by atoms with Crippen LogP contribution in [-0.2, 0) is 23.1 Å². The van der Waals surface area contributed by atoms with Crippen LogP contribution in [0.4, 0.5) is 0 Å². The van der Waals surface area contributed by atoms with E-state index in [1.54, 1.807) is 17.4 Å². The SMILES string of the molecule is CCNCc1cc(S(=O)(=O)NCc2ccsc2)c(C)s1. The Bertz CT molecular complexity index is 645. The van der Waals surface area contributed by atoms with Crippen LogP contribution < -0.4 is 10.0 Å². The van der Waals surface area contributed by atoms with Gasteiger partial charge in [-0.25, -0.2) is 13.1 Å². The summed E-state index contributed by atoms with van der Waals surface area (Å²) in [5.41, 5.74) is 0.985. The van der Waals surface area contributed by atoms with Gasteiger partial charge in [-0.05, 0) is 41.9 Å². The van der Waals surface area contributed by atoms with Gasteiger partial charge in [0.25, 0.3) is 0 Å². The number of rotatable bonds is 7. The third kappa shape index (κ3) is 3.89. The minimum atomic E-state index is -3.43. The Balaban J connectivity index is 2.10. The number of sulfonamides is 1. The van der Waals surface area contributed by atoms with Crippen LogP contribution in [0, 0.1) is 6.92 Å². The van der Waals surface area contributed by atoms with E-state index in [0.29, 0.717) is 18.0 Å². The zero-order valence-corrected chi connectivity index (χ0v) is 13.9. The lowest BCUT2D eigenvalue weighted by molar-refractivity contribution is 0.581. The highest BCUT2D eigenvalue weighted by Crippen LogP contribution is 2.25. The van der Waals surface area contributed by atoms with E-state index in [-0.39, 0.29) is 0 Å². The molecule has 0 aliphatic rings. The van der Waals surface area contributed by atoms with Crippen LogP contribution in [0.25, 0.3) is 0 Å². The van der Waals surface area contributed by atoms with Crippen molar-refractivity contribution in [3.8, 4) is 0 Å². The topological polar surface area (TPSA) is 58.2 Å². The number of aryl methyl sites for hydroxylation is 1.